The average Bonchev–Trinajstić information content (AvgIpc) is 2.05. The van der Waals surface area contributed by atoms with Crippen molar-refractivity contribution in [1.29, 1.82) is 0 Å². The number of rotatable bonds is 2. The summed E-state index contributed by atoms with van der Waals surface area (Å²) in [6.45, 7) is 3.60. The molecule has 0 aliphatic rings. The van der Waals surface area contributed by atoms with Crippen LogP contribution >= 0.6 is 0 Å². The van der Waals surface area contributed by atoms with Crippen LogP contribution in [0.2, 0.25) is 0 Å². The lowest BCUT2D eigenvalue weighted by Gasteiger charge is -2.02. The van der Waals surface area contributed by atoms with E-state index in [2.05, 4.69) is 6.58 Å². The van der Waals surface area contributed by atoms with Crippen molar-refractivity contribution < 1.29 is 15.3 Å². The van der Waals surface area contributed by atoms with Gasteiger partial charge < -0.3 is 15.3 Å². The summed E-state index contributed by atoms with van der Waals surface area (Å²) in [5.41, 5.74) is 0.930. The van der Waals surface area contributed by atoms with Gasteiger partial charge in [0.2, 0.25) is 0 Å². The van der Waals surface area contributed by atoms with Crippen molar-refractivity contribution in [3.63, 3.8) is 0 Å². The molecule has 0 aliphatic carbocycles. The van der Waals surface area contributed by atoms with Crippen LogP contribution in [0.1, 0.15) is 5.56 Å². The Morgan fingerprint density at radius 2 is 2.17 bits per heavy atom. The minimum atomic E-state index is 0. The maximum atomic E-state index is 9.17. The van der Waals surface area contributed by atoms with Crippen LogP contribution in [0, 0.1) is 0 Å². The number of phenolic OH excluding ortho intramolecular Hbond substituents is 1. The zero-order valence-corrected chi connectivity index (χ0v) is 6.87. The van der Waals surface area contributed by atoms with Crippen molar-refractivity contribution in [2.75, 3.05) is 7.11 Å². The monoisotopic (exact) mass is 168 g/mol. The van der Waals surface area contributed by atoms with E-state index in [1.807, 2.05) is 0 Å². The molecule has 3 nitrogen and oxygen atoms in total. The van der Waals surface area contributed by atoms with Gasteiger partial charge in [0.1, 0.15) is 0 Å². The molecule has 0 fully saturated rings. The first kappa shape index (κ1) is 10.5. The third-order valence-electron chi connectivity index (χ3n) is 1.44. The Hall–Kier alpha value is -1.48. The van der Waals surface area contributed by atoms with E-state index in [0.29, 0.717) is 5.75 Å². The zero-order valence-electron chi connectivity index (χ0n) is 6.87. The summed E-state index contributed by atoms with van der Waals surface area (Å²) in [6.07, 6.45) is 1.70. The zero-order chi connectivity index (χ0) is 8.27. The second-order valence-corrected chi connectivity index (χ2v) is 2.14. The van der Waals surface area contributed by atoms with Gasteiger partial charge in [0, 0.05) is 0 Å². The number of phenols is 1. The van der Waals surface area contributed by atoms with Crippen molar-refractivity contribution in [2.24, 2.45) is 0 Å². The van der Waals surface area contributed by atoms with Gasteiger partial charge in [-0.15, -0.1) is 0 Å². The standard InChI is InChI=1S/C9H10O2.H2O/c1-3-7-4-5-8(10)9(6-7)11-2;/h3-6,10H,1H2,2H3;1H2. The first-order valence-corrected chi connectivity index (χ1v) is 3.27. The molecular weight excluding hydrogens is 156 g/mol. The van der Waals surface area contributed by atoms with Gasteiger partial charge in [-0.25, -0.2) is 0 Å². The molecule has 0 unspecified atom stereocenters. The third kappa shape index (κ3) is 2.00. The van der Waals surface area contributed by atoms with Crippen molar-refractivity contribution >= 4 is 6.08 Å². The first-order chi connectivity index (χ1) is 5.27. The van der Waals surface area contributed by atoms with E-state index in [4.69, 9.17) is 4.74 Å². The minimum absolute atomic E-state index is 0. The Balaban J connectivity index is 0.00000121. The Labute approximate surface area is 71.2 Å². The summed E-state index contributed by atoms with van der Waals surface area (Å²) in [4.78, 5) is 0. The number of hydrogen-bond donors (Lipinski definition) is 1. The maximum absolute atomic E-state index is 9.17. The number of benzene rings is 1. The van der Waals surface area contributed by atoms with Gasteiger partial charge in [0.25, 0.3) is 0 Å². The third-order valence-corrected chi connectivity index (χ3v) is 1.44. The van der Waals surface area contributed by atoms with Crippen molar-refractivity contribution in [2.45, 2.75) is 0 Å². The highest BCUT2D eigenvalue weighted by atomic mass is 16.5. The predicted molar refractivity (Wildman–Crippen MR) is 48.4 cm³/mol. The van der Waals surface area contributed by atoms with E-state index < -0.39 is 0 Å². The summed E-state index contributed by atoms with van der Waals surface area (Å²) in [6, 6.07) is 5.07. The molecule has 0 atom stereocenters. The van der Waals surface area contributed by atoms with Crippen molar-refractivity contribution in [1.82, 2.24) is 0 Å². The molecule has 3 heteroatoms. The van der Waals surface area contributed by atoms with Crippen LogP contribution in [0.5, 0.6) is 11.5 Å². The topological polar surface area (TPSA) is 61.0 Å². The summed E-state index contributed by atoms with van der Waals surface area (Å²) >= 11 is 0. The van der Waals surface area contributed by atoms with Gasteiger partial charge in [-0.2, -0.15) is 0 Å². The van der Waals surface area contributed by atoms with Crippen LogP contribution in [-0.4, -0.2) is 17.7 Å². The molecular formula is C9H12O3. The molecule has 0 heterocycles. The van der Waals surface area contributed by atoms with Gasteiger partial charge >= 0.3 is 0 Å². The maximum Gasteiger partial charge on any atom is 0.161 e. The molecule has 1 aromatic rings. The van der Waals surface area contributed by atoms with Gasteiger partial charge in [0.05, 0.1) is 7.11 Å². The minimum Gasteiger partial charge on any atom is -0.504 e. The smallest absolute Gasteiger partial charge is 0.161 e. The van der Waals surface area contributed by atoms with Crippen LogP contribution in [0.15, 0.2) is 24.8 Å². The van der Waals surface area contributed by atoms with Gasteiger partial charge in [-0.05, 0) is 17.7 Å². The molecule has 0 amide bonds. The van der Waals surface area contributed by atoms with E-state index in [1.165, 1.54) is 7.11 Å². The fourth-order valence-electron chi connectivity index (χ4n) is 0.821. The normalized spacial score (nSPS) is 8.42. The lowest BCUT2D eigenvalue weighted by molar-refractivity contribution is 0.373. The highest BCUT2D eigenvalue weighted by Crippen LogP contribution is 2.26. The van der Waals surface area contributed by atoms with Crippen LogP contribution in [0.3, 0.4) is 0 Å². The Morgan fingerprint density at radius 3 is 2.67 bits per heavy atom. The average molecular weight is 168 g/mol. The lowest BCUT2D eigenvalue weighted by Crippen LogP contribution is -1.83. The van der Waals surface area contributed by atoms with Crippen LogP contribution in [-0.2, 0) is 0 Å². The van der Waals surface area contributed by atoms with Gasteiger partial charge in [-0.3, -0.25) is 0 Å². The Bertz CT molecular complexity index is 268. The number of methoxy groups -OCH3 is 1. The largest absolute Gasteiger partial charge is 0.504 e. The van der Waals surface area contributed by atoms with Crippen molar-refractivity contribution in [3.05, 3.63) is 30.3 Å². The van der Waals surface area contributed by atoms with Crippen LogP contribution < -0.4 is 4.74 Å². The molecule has 0 bridgehead atoms. The highest BCUT2D eigenvalue weighted by molar-refractivity contribution is 5.53. The predicted octanol–water partition coefficient (Wildman–Crippen LogP) is 1.22. The second-order valence-electron chi connectivity index (χ2n) is 2.14. The van der Waals surface area contributed by atoms with Crippen LogP contribution in [0.25, 0.3) is 6.08 Å². The van der Waals surface area contributed by atoms with E-state index in [1.54, 1.807) is 24.3 Å². The van der Waals surface area contributed by atoms with E-state index >= 15 is 0 Å². The quantitative estimate of drug-likeness (QED) is 0.721. The first-order valence-electron chi connectivity index (χ1n) is 3.27. The summed E-state index contributed by atoms with van der Waals surface area (Å²) in [5, 5.41) is 9.17. The second kappa shape index (κ2) is 4.41. The fraction of sp³-hybridized carbons (Fsp3) is 0.111. The number of hydrogen-bond acceptors (Lipinski definition) is 2. The molecule has 3 N–H and O–H groups in total. The fourth-order valence-corrected chi connectivity index (χ4v) is 0.821. The van der Waals surface area contributed by atoms with Gasteiger partial charge in [0.15, 0.2) is 11.5 Å². The lowest BCUT2D eigenvalue weighted by atomic mass is 10.2. The van der Waals surface area contributed by atoms with Gasteiger partial charge in [-0.1, -0.05) is 18.7 Å². The molecule has 1 aromatic carbocycles. The molecule has 0 aliphatic heterocycles. The van der Waals surface area contributed by atoms with E-state index in [-0.39, 0.29) is 11.2 Å². The molecule has 0 spiro atoms. The SMILES string of the molecule is C=Cc1ccc(O)c(OC)c1.O. The van der Waals surface area contributed by atoms with E-state index in [0.717, 1.165) is 5.56 Å². The molecule has 1 rings (SSSR count). The number of aromatic hydroxyl groups is 1. The Kier molecular flexibility index (Phi) is 3.86. The summed E-state index contributed by atoms with van der Waals surface area (Å²) in [5.74, 6) is 0.625. The summed E-state index contributed by atoms with van der Waals surface area (Å²) in [7, 11) is 1.52. The molecule has 66 valence electrons. The Morgan fingerprint density at radius 1 is 1.50 bits per heavy atom. The number of ether oxygens (including phenoxy) is 1. The van der Waals surface area contributed by atoms with Crippen molar-refractivity contribution in [3.8, 4) is 11.5 Å². The van der Waals surface area contributed by atoms with Crippen LogP contribution in [0.4, 0.5) is 0 Å². The molecule has 0 aromatic heterocycles. The molecule has 0 saturated carbocycles. The molecule has 0 radical (unpaired) electrons. The summed E-state index contributed by atoms with van der Waals surface area (Å²) < 4.78 is 4.89. The molecule has 12 heavy (non-hydrogen) atoms. The molecule has 0 saturated heterocycles. The highest BCUT2D eigenvalue weighted by Gasteiger charge is 1.98. The van der Waals surface area contributed by atoms with E-state index in [9.17, 15) is 5.11 Å².